The maximum absolute atomic E-state index is 11.5. The monoisotopic (exact) mass is 286 g/mol. The second-order valence-corrected chi connectivity index (χ2v) is 4.80. The second kappa shape index (κ2) is 6.17. The van der Waals surface area contributed by atoms with Gasteiger partial charge in [0.05, 0.1) is 12.5 Å². The number of hydrogen-bond donors (Lipinski definition) is 2. The van der Waals surface area contributed by atoms with E-state index in [4.69, 9.17) is 17.5 Å². The van der Waals surface area contributed by atoms with E-state index in [2.05, 4.69) is 16.7 Å². The first kappa shape index (κ1) is 14.0. The first-order chi connectivity index (χ1) is 9.60. The van der Waals surface area contributed by atoms with Gasteiger partial charge in [-0.2, -0.15) is 5.26 Å². The van der Waals surface area contributed by atoms with Gasteiger partial charge in [0, 0.05) is 19.3 Å². The Morgan fingerprint density at radius 1 is 1.35 bits per heavy atom. The van der Waals surface area contributed by atoms with Crippen LogP contribution in [0.1, 0.15) is 12.0 Å². The normalized spacial score (nSPS) is 15.7. The average Bonchev–Trinajstić information content (AvgIpc) is 2.75. The summed E-state index contributed by atoms with van der Waals surface area (Å²) >= 11 is 4.87. The maximum Gasteiger partial charge on any atom is 0.273 e. The Balaban J connectivity index is 2.09. The quantitative estimate of drug-likeness (QED) is 0.646. The van der Waals surface area contributed by atoms with Crippen molar-refractivity contribution < 1.29 is 4.79 Å². The summed E-state index contributed by atoms with van der Waals surface area (Å²) in [4.78, 5) is 13.5. The number of nitrogens with one attached hydrogen (secondary N) is 2. The van der Waals surface area contributed by atoms with Crippen LogP contribution in [0, 0.1) is 11.3 Å². The van der Waals surface area contributed by atoms with Gasteiger partial charge in [-0.15, -0.1) is 0 Å². The second-order valence-electron chi connectivity index (χ2n) is 4.39. The van der Waals surface area contributed by atoms with Crippen molar-refractivity contribution in [3.05, 3.63) is 35.5 Å². The van der Waals surface area contributed by atoms with E-state index in [1.165, 1.54) is 0 Å². The van der Waals surface area contributed by atoms with Gasteiger partial charge in [-0.25, -0.2) is 0 Å². The molecule has 1 fully saturated rings. The van der Waals surface area contributed by atoms with Gasteiger partial charge in [0.15, 0.2) is 5.11 Å². The number of amides is 1. The van der Waals surface area contributed by atoms with Crippen molar-refractivity contribution in [2.24, 2.45) is 0 Å². The van der Waals surface area contributed by atoms with Gasteiger partial charge in [0.1, 0.15) is 5.70 Å². The maximum atomic E-state index is 11.5. The Bertz CT molecular complexity index is 601. The average molecular weight is 286 g/mol. The predicted octanol–water partition coefficient (Wildman–Crippen LogP) is 1.38. The molecule has 1 amide bonds. The zero-order valence-corrected chi connectivity index (χ0v) is 11.8. The molecule has 102 valence electrons. The zero-order valence-electron chi connectivity index (χ0n) is 11.0. The number of carbonyl (C=O) groups excluding carboxylic acids is 1. The standard InChI is InChI=1S/C14H14N4OS/c1-18(8-2-7-15)11-5-3-10(4-6-11)9-12-13(19)17-14(20)16-12/h3-6,9H,2,8H2,1H3,(H2,16,17,19,20). The van der Waals surface area contributed by atoms with Gasteiger partial charge in [-0.1, -0.05) is 12.1 Å². The summed E-state index contributed by atoms with van der Waals surface area (Å²) in [6.45, 7) is 0.690. The molecule has 0 bridgehead atoms. The molecule has 1 aliphatic rings. The minimum Gasteiger partial charge on any atom is -0.374 e. The number of nitrogens with zero attached hydrogens (tertiary/aromatic N) is 2. The number of benzene rings is 1. The summed E-state index contributed by atoms with van der Waals surface area (Å²) in [5.74, 6) is -0.217. The van der Waals surface area contributed by atoms with Crippen LogP contribution in [0.5, 0.6) is 0 Å². The topological polar surface area (TPSA) is 68.2 Å². The van der Waals surface area contributed by atoms with Crippen LogP contribution in [0.4, 0.5) is 5.69 Å². The fraction of sp³-hybridized carbons (Fsp3) is 0.214. The summed E-state index contributed by atoms with van der Waals surface area (Å²) in [6.07, 6.45) is 2.23. The highest BCUT2D eigenvalue weighted by Gasteiger charge is 2.19. The van der Waals surface area contributed by atoms with Gasteiger partial charge >= 0.3 is 0 Å². The molecule has 0 aliphatic carbocycles. The predicted molar refractivity (Wildman–Crippen MR) is 81.8 cm³/mol. The minimum absolute atomic E-state index is 0.217. The highest BCUT2D eigenvalue weighted by atomic mass is 32.1. The van der Waals surface area contributed by atoms with Crippen LogP contribution in [0.2, 0.25) is 0 Å². The lowest BCUT2D eigenvalue weighted by atomic mass is 10.1. The van der Waals surface area contributed by atoms with E-state index < -0.39 is 0 Å². The molecular formula is C14H14N4OS. The first-order valence-corrected chi connectivity index (χ1v) is 6.53. The highest BCUT2D eigenvalue weighted by Crippen LogP contribution is 2.16. The number of rotatable bonds is 4. The van der Waals surface area contributed by atoms with Gasteiger partial charge < -0.3 is 10.2 Å². The molecular weight excluding hydrogens is 272 g/mol. The van der Waals surface area contributed by atoms with E-state index in [1.54, 1.807) is 6.08 Å². The number of hydrogen-bond acceptors (Lipinski definition) is 4. The molecule has 0 unspecified atom stereocenters. The Hall–Kier alpha value is -2.39. The molecule has 0 aromatic heterocycles. The third-order valence-electron chi connectivity index (χ3n) is 2.92. The number of anilines is 1. The van der Waals surface area contributed by atoms with Crippen molar-refractivity contribution in [1.82, 2.24) is 10.6 Å². The molecule has 1 aliphatic heterocycles. The summed E-state index contributed by atoms with van der Waals surface area (Å²) in [5.41, 5.74) is 2.38. The Kier molecular flexibility index (Phi) is 4.33. The molecule has 0 saturated carbocycles. The molecule has 0 atom stereocenters. The van der Waals surface area contributed by atoms with Gasteiger partial charge in [0.25, 0.3) is 5.91 Å². The Morgan fingerprint density at radius 2 is 2.05 bits per heavy atom. The van der Waals surface area contributed by atoms with Crippen LogP contribution < -0.4 is 15.5 Å². The van der Waals surface area contributed by atoms with Gasteiger partial charge in [-0.3, -0.25) is 10.1 Å². The molecule has 1 saturated heterocycles. The van der Waals surface area contributed by atoms with Crippen LogP contribution in [-0.4, -0.2) is 24.6 Å². The van der Waals surface area contributed by atoms with E-state index in [1.807, 2.05) is 36.2 Å². The van der Waals surface area contributed by atoms with Gasteiger partial charge in [0.2, 0.25) is 0 Å². The summed E-state index contributed by atoms with van der Waals surface area (Å²) in [6, 6.07) is 9.86. The third kappa shape index (κ3) is 3.33. The zero-order chi connectivity index (χ0) is 14.5. The molecule has 2 N–H and O–H groups in total. The fourth-order valence-electron chi connectivity index (χ4n) is 1.82. The molecule has 1 aromatic carbocycles. The lowest BCUT2D eigenvalue weighted by molar-refractivity contribution is -0.115. The van der Waals surface area contributed by atoms with E-state index in [0.717, 1.165) is 11.3 Å². The summed E-state index contributed by atoms with van der Waals surface area (Å²) < 4.78 is 0. The molecule has 20 heavy (non-hydrogen) atoms. The highest BCUT2D eigenvalue weighted by molar-refractivity contribution is 7.80. The van der Waals surface area contributed by atoms with Crippen molar-refractivity contribution in [1.29, 1.82) is 5.26 Å². The lowest BCUT2D eigenvalue weighted by Gasteiger charge is -2.17. The van der Waals surface area contributed by atoms with Crippen molar-refractivity contribution in [3.63, 3.8) is 0 Å². The molecule has 6 heteroatoms. The van der Waals surface area contributed by atoms with Crippen molar-refractivity contribution in [3.8, 4) is 6.07 Å². The molecule has 2 rings (SSSR count). The number of thiocarbonyl (C=S) groups is 1. The van der Waals surface area contributed by atoms with Crippen LogP contribution >= 0.6 is 12.2 Å². The number of carbonyl (C=O) groups is 1. The van der Waals surface area contributed by atoms with E-state index in [-0.39, 0.29) is 5.91 Å². The van der Waals surface area contributed by atoms with Crippen molar-refractivity contribution in [2.45, 2.75) is 6.42 Å². The Morgan fingerprint density at radius 3 is 2.60 bits per heavy atom. The van der Waals surface area contributed by atoms with E-state index >= 15 is 0 Å². The van der Waals surface area contributed by atoms with Crippen molar-refractivity contribution in [2.75, 3.05) is 18.5 Å². The van der Waals surface area contributed by atoms with Crippen LogP contribution in [0.15, 0.2) is 30.0 Å². The lowest BCUT2D eigenvalue weighted by Crippen LogP contribution is -2.21. The molecule has 0 spiro atoms. The van der Waals surface area contributed by atoms with Crippen LogP contribution in [-0.2, 0) is 4.79 Å². The first-order valence-electron chi connectivity index (χ1n) is 6.12. The largest absolute Gasteiger partial charge is 0.374 e. The number of nitriles is 1. The van der Waals surface area contributed by atoms with Crippen molar-refractivity contribution >= 4 is 35.0 Å². The third-order valence-corrected chi connectivity index (χ3v) is 3.13. The van der Waals surface area contributed by atoms with Crippen LogP contribution in [0.3, 0.4) is 0 Å². The van der Waals surface area contributed by atoms with Gasteiger partial charge in [-0.05, 0) is 36.0 Å². The SMILES string of the molecule is CN(CCC#N)c1ccc(C=C2NC(=S)NC2=O)cc1. The summed E-state index contributed by atoms with van der Waals surface area (Å²) in [5, 5.41) is 14.2. The smallest absolute Gasteiger partial charge is 0.273 e. The van der Waals surface area contributed by atoms with Crippen LogP contribution in [0.25, 0.3) is 6.08 Å². The fourth-order valence-corrected chi connectivity index (χ4v) is 2.02. The summed E-state index contributed by atoms with van der Waals surface area (Å²) in [7, 11) is 1.94. The molecule has 1 heterocycles. The van der Waals surface area contributed by atoms with E-state index in [9.17, 15) is 4.79 Å². The van der Waals surface area contributed by atoms with E-state index in [0.29, 0.717) is 23.8 Å². The molecule has 0 radical (unpaired) electrons. The Labute approximate surface area is 122 Å². The molecule has 5 nitrogen and oxygen atoms in total. The molecule has 1 aromatic rings. The minimum atomic E-state index is -0.217.